The molecule has 2 saturated heterocycles. The zero-order valence-electron chi connectivity index (χ0n) is 17.6. The Balaban J connectivity index is 1.27. The molecule has 0 aliphatic carbocycles. The molecule has 8 heteroatoms. The lowest BCUT2D eigenvalue weighted by molar-refractivity contribution is -0.155. The van der Waals surface area contributed by atoms with Gasteiger partial charge in [-0.15, -0.1) is 0 Å². The van der Waals surface area contributed by atoms with Gasteiger partial charge in [0.05, 0.1) is 12.1 Å². The fourth-order valence-corrected chi connectivity index (χ4v) is 4.28. The van der Waals surface area contributed by atoms with Crippen molar-refractivity contribution in [1.82, 2.24) is 14.8 Å². The van der Waals surface area contributed by atoms with Crippen LogP contribution in [0.15, 0.2) is 30.3 Å². The number of carbonyl (C=O) groups excluding carboxylic acids is 1. The number of benzene rings is 1. The van der Waals surface area contributed by atoms with E-state index < -0.39 is 0 Å². The summed E-state index contributed by atoms with van der Waals surface area (Å²) in [5.74, 6) is 0.303. The highest BCUT2D eigenvalue weighted by atomic mass is 19.1. The molecule has 2 fully saturated rings. The zero-order chi connectivity index (χ0) is 21.8. The molecule has 4 rings (SSSR count). The highest BCUT2D eigenvalue weighted by Crippen LogP contribution is 2.22. The molecule has 2 aliphatic rings. The predicted molar refractivity (Wildman–Crippen MR) is 112 cm³/mol. The maximum Gasteiger partial charge on any atom is 0.248 e. The second kappa shape index (κ2) is 9.50. The van der Waals surface area contributed by atoms with Crippen LogP contribution >= 0.6 is 0 Å². The van der Waals surface area contributed by atoms with Gasteiger partial charge < -0.3 is 19.4 Å². The van der Waals surface area contributed by atoms with Crippen LogP contribution in [0.5, 0.6) is 5.75 Å². The minimum Gasteiger partial charge on any atom is -0.491 e. The Morgan fingerprint density at radius 1 is 1.29 bits per heavy atom. The number of nitrogens with zero attached hydrogens (tertiary/aromatic N) is 3. The summed E-state index contributed by atoms with van der Waals surface area (Å²) in [5.41, 5.74) is 2.64. The number of carbonyl (C=O) groups is 1. The number of likely N-dealkylation sites (tertiary alicyclic amines) is 1. The molecule has 0 spiro atoms. The van der Waals surface area contributed by atoms with Crippen molar-refractivity contribution in [1.29, 1.82) is 5.26 Å². The number of hydrogen-bond donors (Lipinski definition) is 1. The second-order valence-corrected chi connectivity index (χ2v) is 8.20. The SMILES string of the molecule is Cc1[nH]c(CN2CCC(N3C[C@H](COc4ccc(F)cc4)OCC3=O)CC2)cc1C#N. The van der Waals surface area contributed by atoms with E-state index in [0.717, 1.165) is 43.9 Å². The molecule has 2 aromatic rings. The van der Waals surface area contributed by atoms with Crippen molar-refractivity contribution >= 4 is 5.91 Å². The van der Waals surface area contributed by atoms with Crippen LogP contribution in [0.3, 0.4) is 0 Å². The van der Waals surface area contributed by atoms with Crippen molar-refractivity contribution in [3.05, 3.63) is 53.1 Å². The number of aromatic amines is 1. The Morgan fingerprint density at radius 2 is 2.03 bits per heavy atom. The molecular weight excluding hydrogens is 399 g/mol. The molecule has 31 heavy (non-hydrogen) atoms. The lowest BCUT2D eigenvalue weighted by Crippen LogP contribution is -2.55. The number of ether oxygens (including phenoxy) is 2. The van der Waals surface area contributed by atoms with Gasteiger partial charge in [0.1, 0.15) is 37.0 Å². The summed E-state index contributed by atoms with van der Waals surface area (Å²) in [6, 6.07) is 10.2. The van der Waals surface area contributed by atoms with Gasteiger partial charge in [-0.2, -0.15) is 5.26 Å². The van der Waals surface area contributed by atoms with Crippen LogP contribution < -0.4 is 4.74 Å². The number of morpholine rings is 1. The summed E-state index contributed by atoms with van der Waals surface area (Å²) in [4.78, 5) is 20.0. The molecule has 164 valence electrons. The molecule has 1 N–H and O–H groups in total. The van der Waals surface area contributed by atoms with Crippen molar-refractivity contribution < 1.29 is 18.7 Å². The first-order valence-electron chi connectivity index (χ1n) is 10.6. The van der Waals surface area contributed by atoms with Crippen molar-refractivity contribution in [2.45, 2.75) is 38.5 Å². The topological polar surface area (TPSA) is 81.6 Å². The van der Waals surface area contributed by atoms with Crippen LogP contribution in [0.4, 0.5) is 4.39 Å². The predicted octanol–water partition coefficient (Wildman–Crippen LogP) is 2.60. The van der Waals surface area contributed by atoms with E-state index in [-0.39, 0.29) is 30.5 Å². The first-order valence-corrected chi connectivity index (χ1v) is 10.6. The number of nitrogens with one attached hydrogen (secondary N) is 1. The Kier molecular flexibility index (Phi) is 6.54. The Hall–Kier alpha value is -2.89. The number of halogens is 1. The molecule has 3 heterocycles. The molecule has 7 nitrogen and oxygen atoms in total. The van der Waals surface area contributed by atoms with Gasteiger partial charge in [-0.25, -0.2) is 4.39 Å². The molecule has 0 saturated carbocycles. The molecule has 1 amide bonds. The van der Waals surface area contributed by atoms with Crippen molar-refractivity contribution in [2.24, 2.45) is 0 Å². The van der Waals surface area contributed by atoms with E-state index >= 15 is 0 Å². The standard InChI is InChI=1S/C23H27FN4O3/c1-16-17(11-25)10-19(26-16)12-27-8-6-20(7-9-27)28-13-22(31-15-23(28)29)14-30-21-4-2-18(24)3-5-21/h2-5,10,20,22,26H,6-9,12-15H2,1H3/t22-/m1/s1. The van der Waals surface area contributed by atoms with Crippen LogP contribution in [-0.4, -0.2) is 65.7 Å². The van der Waals surface area contributed by atoms with Crippen molar-refractivity contribution in [3.8, 4) is 11.8 Å². The number of nitriles is 1. The number of piperidine rings is 1. The number of H-pyrrole nitrogens is 1. The average Bonchev–Trinajstić information content (AvgIpc) is 3.14. The third-order valence-corrected chi connectivity index (χ3v) is 6.00. The summed E-state index contributed by atoms with van der Waals surface area (Å²) < 4.78 is 24.4. The lowest BCUT2D eigenvalue weighted by atomic mass is 10.0. The largest absolute Gasteiger partial charge is 0.491 e. The molecule has 1 aromatic heterocycles. The number of aromatic nitrogens is 1. The van der Waals surface area contributed by atoms with Gasteiger partial charge in [-0.05, 0) is 50.1 Å². The number of aryl methyl sites for hydroxylation is 1. The van der Waals surface area contributed by atoms with E-state index in [1.807, 2.05) is 17.9 Å². The summed E-state index contributed by atoms with van der Waals surface area (Å²) in [5, 5.41) is 9.12. The quantitative estimate of drug-likeness (QED) is 0.768. The smallest absolute Gasteiger partial charge is 0.248 e. The molecule has 0 radical (unpaired) electrons. The maximum atomic E-state index is 13.0. The molecule has 2 aliphatic heterocycles. The van der Waals surface area contributed by atoms with E-state index in [9.17, 15) is 9.18 Å². The van der Waals surface area contributed by atoms with E-state index in [1.54, 1.807) is 12.1 Å². The number of amides is 1. The third kappa shape index (κ3) is 5.24. The van der Waals surface area contributed by atoms with Gasteiger partial charge in [-0.3, -0.25) is 9.69 Å². The maximum absolute atomic E-state index is 13.0. The van der Waals surface area contributed by atoms with Gasteiger partial charge in [0.25, 0.3) is 0 Å². The van der Waals surface area contributed by atoms with Gasteiger partial charge in [0, 0.05) is 37.1 Å². The van der Waals surface area contributed by atoms with E-state index in [4.69, 9.17) is 14.7 Å². The van der Waals surface area contributed by atoms with Crippen LogP contribution in [0.25, 0.3) is 0 Å². The van der Waals surface area contributed by atoms with Gasteiger partial charge >= 0.3 is 0 Å². The van der Waals surface area contributed by atoms with Crippen molar-refractivity contribution in [3.63, 3.8) is 0 Å². The first kappa shape index (κ1) is 21.3. The summed E-state index contributed by atoms with van der Waals surface area (Å²) in [6.45, 7) is 5.37. The highest BCUT2D eigenvalue weighted by Gasteiger charge is 2.34. The van der Waals surface area contributed by atoms with Crippen LogP contribution in [-0.2, 0) is 16.1 Å². The van der Waals surface area contributed by atoms with Gasteiger partial charge in [0.15, 0.2) is 0 Å². The molecular formula is C23H27FN4O3. The first-order chi connectivity index (χ1) is 15.0. The minimum atomic E-state index is -0.304. The number of hydrogen-bond acceptors (Lipinski definition) is 5. The Bertz CT molecular complexity index is 945. The van der Waals surface area contributed by atoms with Crippen LogP contribution in [0.2, 0.25) is 0 Å². The van der Waals surface area contributed by atoms with E-state index in [1.165, 1.54) is 12.1 Å². The van der Waals surface area contributed by atoms with Gasteiger partial charge in [0.2, 0.25) is 5.91 Å². The van der Waals surface area contributed by atoms with Crippen molar-refractivity contribution in [2.75, 3.05) is 32.8 Å². The summed E-state index contributed by atoms with van der Waals surface area (Å²) >= 11 is 0. The Labute approximate surface area is 181 Å². The fraction of sp³-hybridized carbons (Fsp3) is 0.478. The van der Waals surface area contributed by atoms with E-state index in [2.05, 4.69) is 16.0 Å². The monoisotopic (exact) mass is 426 g/mol. The summed E-state index contributed by atoms with van der Waals surface area (Å²) in [6.07, 6.45) is 1.61. The minimum absolute atomic E-state index is 0.0233. The molecule has 1 aromatic carbocycles. The average molecular weight is 426 g/mol. The highest BCUT2D eigenvalue weighted by molar-refractivity contribution is 5.78. The van der Waals surface area contributed by atoms with E-state index in [0.29, 0.717) is 24.5 Å². The zero-order valence-corrected chi connectivity index (χ0v) is 17.6. The summed E-state index contributed by atoms with van der Waals surface area (Å²) in [7, 11) is 0. The Morgan fingerprint density at radius 3 is 2.71 bits per heavy atom. The molecule has 0 bridgehead atoms. The molecule has 1 atom stereocenters. The van der Waals surface area contributed by atoms with Crippen LogP contribution in [0, 0.1) is 24.1 Å². The van der Waals surface area contributed by atoms with Crippen LogP contribution in [0.1, 0.15) is 29.8 Å². The second-order valence-electron chi connectivity index (χ2n) is 8.20. The fourth-order valence-electron chi connectivity index (χ4n) is 4.28. The van der Waals surface area contributed by atoms with Gasteiger partial charge in [-0.1, -0.05) is 0 Å². The third-order valence-electron chi connectivity index (χ3n) is 6.00. The number of rotatable bonds is 6. The lowest BCUT2D eigenvalue weighted by Gasteiger charge is -2.42. The molecule has 0 unspecified atom stereocenters. The normalized spacial score (nSPS) is 20.6.